The van der Waals surface area contributed by atoms with Crippen molar-refractivity contribution in [2.24, 2.45) is 5.92 Å². The molecule has 1 atom stereocenters. The fraction of sp³-hybridized carbons (Fsp3) is 0.200. The predicted octanol–water partition coefficient (Wildman–Crippen LogP) is 6.04. The highest BCUT2D eigenvalue weighted by Crippen LogP contribution is 2.31. The molecule has 4 rings (SSSR count). The predicted molar refractivity (Wildman–Crippen MR) is 145 cm³/mol. The van der Waals surface area contributed by atoms with Gasteiger partial charge in [0, 0.05) is 11.4 Å². The first kappa shape index (κ1) is 28.1. The van der Waals surface area contributed by atoms with Crippen LogP contribution in [0.1, 0.15) is 41.1 Å². The van der Waals surface area contributed by atoms with Gasteiger partial charge in [-0.25, -0.2) is 0 Å². The van der Waals surface area contributed by atoms with Crippen LogP contribution in [0.3, 0.4) is 0 Å². The van der Waals surface area contributed by atoms with Crippen molar-refractivity contribution in [1.82, 2.24) is 5.32 Å². The van der Waals surface area contributed by atoms with Gasteiger partial charge in [-0.2, -0.15) is 23.7 Å². The zero-order chi connectivity index (χ0) is 28.7. The number of hydrogen-bond acceptors (Lipinski definition) is 6. The van der Waals surface area contributed by atoms with Crippen LogP contribution >= 0.6 is 0 Å². The van der Waals surface area contributed by atoms with E-state index in [9.17, 15) is 23.2 Å². The Morgan fingerprint density at radius 2 is 1.50 bits per heavy atom. The Balaban J connectivity index is 1.62. The third kappa shape index (κ3) is 7.56. The number of rotatable bonds is 10. The molecule has 0 saturated heterocycles. The van der Waals surface area contributed by atoms with E-state index in [4.69, 9.17) is 10.7 Å². The van der Waals surface area contributed by atoms with Crippen LogP contribution in [-0.2, 0) is 4.79 Å². The number of hydrogen-bond donors (Lipinski definition) is 4. The summed E-state index contributed by atoms with van der Waals surface area (Å²) in [6, 6.07) is 23.8. The highest BCUT2D eigenvalue weighted by atomic mass is 19.4. The molecule has 1 unspecified atom stereocenters. The molecule has 1 saturated carbocycles. The molecule has 40 heavy (non-hydrogen) atoms. The maximum Gasteiger partial charge on any atom is 0.432 e. The van der Waals surface area contributed by atoms with Crippen molar-refractivity contribution in [2.45, 2.75) is 25.1 Å². The van der Waals surface area contributed by atoms with E-state index in [0.717, 1.165) is 30.5 Å². The number of nitrogens with zero attached hydrogens (tertiary/aromatic N) is 2. The molecule has 3 aromatic rings. The Hall–Kier alpha value is -4.93. The second kappa shape index (κ2) is 12.3. The Kier molecular flexibility index (Phi) is 8.63. The highest BCUT2D eigenvalue weighted by molar-refractivity contribution is 6.11. The van der Waals surface area contributed by atoms with Crippen molar-refractivity contribution in [2.75, 3.05) is 17.2 Å². The summed E-state index contributed by atoms with van der Waals surface area (Å²) >= 11 is 0. The molecular formula is C30H25F3N6O. The second-order valence-corrected chi connectivity index (χ2v) is 9.39. The SMILES string of the molecule is N#Cc1cccc(N/C(=C\C(=N)C(F)(F)F)C(=O)Nc2cccc(C(NCC3CC3)c3cccc(C#N)c3)c2)c1. The van der Waals surface area contributed by atoms with E-state index in [1.165, 1.54) is 24.3 Å². The van der Waals surface area contributed by atoms with E-state index in [1.54, 1.807) is 36.4 Å². The third-order valence-electron chi connectivity index (χ3n) is 6.24. The molecule has 7 nitrogen and oxygen atoms in total. The summed E-state index contributed by atoms with van der Waals surface area (Å²) in [5, 5.41) is 34.6. The number of benzene rings is 3. The average molecular weight is 543 g/mol. The fourth-order valence-electron chi connectivity index (χ4n) is 4.02. The summed E-state index contributed by atoms with van der Waals surface area (Å²) in [5.41, 5.74) is 0.713. The molecule has 1 aliphatic carbocycles. The van der Waals surface area contributed by atoms with E-state index in [-0.39, 0.29) is 17.3 Å². The Morgan fingerprint density at radius 1 is 0.925 bits per heavy atom. The van der Waals surface area contributed by atoms with Crippen molar-refractivity contribution < 1.29 is 18.0 Å². The van der Waals surface area contributed by atoms with Crippen molar-refractivity contribution in [3.8, 4) is 12.1 Å². The molecule has 10 heteroatoms. The van der Waals surface area contributed by atoms with Crippen LogP contribution < -0.4 is 16.0 Å². The number of carbonyl (C=O) groups is 1. The minimum atomic E-state index is -4.96. The van der Waals surface area contributed by atoms with Gasteiger partial charge in [0.25, 0.3) is 5.91 Å². The minimum absolute atomic E-state index is 0.214. The quantitative estimate of drug-likeness (QED) is 0.184. The monoisotopic (exact) mass is 542 g/mol. The van der Waals surface area contributed by atoms with Gasteiger partial charge in [0.2, 0.25) is 0 Å². The second-order valence-electron chi connectivity index (χ2n) is 9.39. The van der Waals surface area contributed by atoms with Crippen molar-refractivity contribution in [1.29, 1.82) is 15.9 Å². The lowest BCUT2D eigenvalue weighted by molar-refractivity contribution is -0.112. The number of allylic oxidation sites excluding steroid dienone is 1. The van der Waals surface area contributed by atoms with Gasteiger partial charge in [-0.15, -0.1) is 0 Å². The van der Waals surface area contributed by atoms with E-state index < -0.39 is 23.5 Å². The molecule has 0 bridgehead atoms. The Bertz CT molecular complexity index is 1530. The van der Waals surface area contributed by atoms with Crippen LogP contribution in [0.4, 0.5) is 24.5 Å². The summed E-state index contributed by atoms with van der Waals surface area (Å²) in [5.74, 6) is -0.325. The smallest absolute Gasteiger partial charge is 0.351 e. The molecule has 3 aromatic carbocycles. The molecule has 1 aliphatic rings. The molecular weight excluding hydrogens is 517 g/mol. The number of anilines is 2. The lowest BCUT2D eigenvalue weighted by atomic mass is 9.96. The zero-order valence-corrected chi connectivity index (χ0v) is 21.2. The average Bonchev–Trinajstić information content (AvgIpc) is 3.77. The van der Waals surface area contributed by atoms with Crippen LogP contribution in [0.2, 0.25) is 0 Å². The highest BCUT2D eigenvalue weighted by Gasteiger charge is 2.33. The Morgan fingerprint density at radius 3 is 2.12 bits per heavy atom. The minimum Gasteiger partial charge on any atom is -0.351 e. The molecule has 1 amide bonds. The number of alkyl halides is 3. The number of amides is 1. The van der Waals surface area contributed by atoms with Gasteiger partial charge in [0.05, 0.1) is 29.3 Å². The number of nitrogens with one attached hydrogen (secondary N) is 4. The van der Waals surface area contributed by atoms with Crippen molar-refractivity contribution in [3.05, 3.63) is 107 Å². The summed E-state index contributed by atoms with van der Waals surface area (Å²) in [7, 11) is 0. The van der Waals surface area contributed by atoms with E-state index in [2.05, 4.69) is 22.0 Å². The van der Waals surface area contributed by atoms with Gasteiger partial charge in [-0.3, -0.25) is 10.2 Å². The summed E-state index contributed by atoms with van der Waals surface area (Å²) in [6.07, 6.45) is -2.27. The lowest BCUT2D eigenvalue weighted by Gasteiger charge is -2.21. The molecule has 0 spiro atoms. The Labute approximate surface area is 229 Å². The zero-order valence-electron chi connectivity index (χ0n) is 21.2. The molecule has 0 aromatic heterocycles. The molecule has 0 heterocycles. The lowest BCUT2D eigenvalue weighted by Crippen LogP contribution is -2.26. The maximum atomic E-state index is 13.2. The van der Waals surface area contributed by atoms with Crippen molar-refractivity contribution in [3.63, 3.8) is 0 Å². The van der Waals surface area contributed by atoms with E-state index >= 15 is 0 Å². The number of halogens is 3. The van der Waals surface area contributed by atoms with Crippen LogP contribution in [-0.4, -0.2) is 24.3 Å². The third-order valence-corrected chi connectivity index (χ3v) is 6.24. The number of nitriles is 2. The van der Waals surface area contributed by atoms with Crippen molar-refractivity contribution >= 4 is 23.0 Å². The summed E-state index contributed by atoms with van der Waals surface area (Å²) in [6.45, 7) is 0.774. The van der Waals surface area contributed by atoms with Gasteiger partial charge in [0.15, 0.2) is 0 Å². The van der Waals surface area contributed by atoms with E-state index in [1.807, 2.05) is 18.2 Å². The van der Waals surface area contributed by atoms with E-state index in [0.29, 0.717) is 23.2 Å². The van der Waals surface area contributed by atoms with Crippen LogP contribution in [0.5, 0.6) is 0 Å². The largest absolute Gasteiger partial charge is 0.432 e. The fourth-order valence-corrected chi connectivity index (χ4v) is 4.02. The van der Waals surface area contributed by atoms with Gasteiger partial charge < -0.3 is 16.0 Å². The number of carbonyl (C=O) groups excluding carboxylic acids is 1. The van der Waals surface area contributed by atoms with Gasteiger partial charge in [0.1, 0.15) is 11.4 Å². The van der Waals surface area contributed by atoms with Gasteiger partial charge in [-0.05, 0) is 85.0 Å². The van der Waals surface area contributed by atoms with Crippen LogP contribution in [0.15, 0.2) is 84.6 Å². The first-order chi connectivity index (χ1) is 19.2. The maximum absolute atomic E-state index is 13.2. The normalized spacial score (nSPS) is 14.0. The molecule has 4 N–H and O–H groups in total. The molecule has 1 fully saturated rings. The van der Waals surface area contributed by atoms with Gasteiger partial charge >= 0.3 is 6.18 Å². The van der Waals surface area contributed by atoms with Crippen LogP contribution in [0, 0.1) is 34.0 Å². The van der Waals surface area contributed by atoms with Crippen LogP contribution in [0.25, 0.3) is 0 Å². The first-order valence-corrected chi connectivity index (χ1v) is 12.5. The summed E-state index contributed by atoms with van der Waals surface area (Å²) < 4.78 is 39.4. The summed E-state index contributed by atoms with van der Waals surface area (Å²) in [4.78, 5) is 13.2. The topological polar surface area (TPSA) is 125 Å². The standard InChI is InChI=1S/C30H25F3N6O/c31-30(32,33)27(36)15-26(38-24-8-2-5-21(13-24)17-35)29(40)39-25-9-3-7-23(14-25)28(37-18-19-10-11-19)22-6-1-4-20(12-22)16-34/h1-9,12-15,19,28,36-38H,10-11,18H2,(H,39,40)/b26-15-,36-27?. The molecule has 0 aliphatic heterocycles. The molecule has 202 valence electrons. The molecule has 0 radical (unpaired) electrons. The first-order valence-electron chi connectivity index (χ1n) is 12.5. The van der Waals surface area contributed by atoms with Gasteiger partial charge in [-0.1, -0.05) is 30.3 Å².